The van der Waals surface area contributed by atoms with Crippen LogP contribution >= 0.6 is 0 Å². The van der Waals surface area contributed by atoms with Gasteiger partial charge in [0.15, 0.2) is 0 Å². The van der Waals surface area contributed by atoms with E-state index in [1.165, 1.54) is 25.7 Å². The van der Waals surface area contributed by atoms with E-state index in [1.807, 2.05) is 0 Å². The van der Waals surface area contributed by atoms with Crippen LogP contribution in [0.1, 0.15) is 39.5 Å². The van der Waals surface area contributed by atoms with Gasteiger partial charge in [-0.3, -0.25) is 4.79 Å². The lowest BCUT2D eigenvalue weighted by molar-refractivity contribution is -0.125. The Morgan fingerprint density at radius 3 is 2.76 bits per heavy atom. The maximum absolute atomic E-state index is 12.0. The molecule has 2 N–H and O–H groups in total. The molecule has 3 heteroatoms. The SMILES string of the molecule is CC1CCCC(CNC(=O)C2CNCC2C)C1. The molecular weight excluding hydrogens is 212 g/mol. The Morgan fingerprint density at radius 2 is 2.12 bits per heavy atom. The summed E-state index contributed by atoms with van der Waals surface area (Å²) in [4.78, 5) is 12.0. The van der Waals surface area contributed by atoms with E-state index in [0.717, 1.165) is 25.6 Å². The number of amides is 1. The Kier molecular flexibility index (Phi) is 4.43. The molecule has 4 unspecified atom stereocenters. The van der Waals surface area contributed by atoms with Gasteiger partial charge < -0.3 is 10.6 Å². The fourth-order valence-electron chi connectivity index (χ4n) is 3.28. The zero-order chi connectivity index (χ0) is 12.3. The Morgan fingerprint density at radius 1 is 1.29 bits per heavy atom. The van der Waals surface area contributed by atoms with E-state index in [1.54, 1.807) is 0 Å². The second kappa shape index (κ2) is 5.85. The van der Waals surface area contributed by atoms with Crippen molar-refractivity contribution < 1.29 is 4.79 Å². The van der Waals surface area contributed by atoms with E-state index < -0.39 is 0 Å². The van der Waals surface area contributed by atoms with Crippen LogP contribution in [0.15, 0.2) is 0 Å². The van der Waals surface area contributed by atoms with Crippen LogP contribution in [0, 0.1) is 23.7 Å². The lowest BCUT2D eigenvalue weighted by atomic mass is 9.82. The van der Waals surface area contributed by atoms with Gasteiger partial charge in [0.25, 0.3) is 0 Å². The van der Waals surface area contributed by atoms with E-state index in [2.05, 4.69) is 24.5 Å². The molecule has 1 saturated heterocycles. The van der Waals surface area contributed by atoms with Gasteiger partial charge in [-0.05, 0) is 37.1 Å². The largest absolute Gasteiger partial charge is 0.356 e. The van der Waals surface area contributed by atoms with Crippen molar-refractivity contribution in [3.8, 4) is 0 Å². The van der Waals surface area contributed by atoms with Crippen molar-refractivity contribution in [2.45, 2.75) is 39.5 Å². The van der Waals surface area contributed by atoms with Crippen LogP contribution in [-0.2, 0) is 4.79 Å². The maximum Gasteiger partial charge on any atom is 0.224 e. The van der Waals surface area contributed by atoms with Gasteiger partial charge in [0.05, 0.1) is 5.92 Å². The molecular formula is C14H26N2O. The summed E-state index contributed by atoms with van der Waals surface area (Å²) in [5, 5.41) is 6.45. The standard InChI is InChI=1S/C14H26N2O/c1-10-4-3-5-12(6-10)8-16-14(17)13-9-15-7-11(13)2/h10-13,15H,3-9H2,1-2H3,(H,16,17). The van der Waals surface area contributed by atoms with E-state index in [0.29, 0.717) is 11.8 Å². The first-order valence-corrected chi connectivity index (χ1v) is 7.15. The van der Waals surface area contributed by atoms with Gasteiger partial charge in [0.2, 0.25) is 5.91 Å². The molecule has 0 spiro atoms. The summed E-state index contributed by atoms with van der Waals surface area (Å²) in [6.07, 6.45) is 5.29. The van der Waals surface area contributed by atoms with Crippen molar-refractivity contribution >= 4 is 5.91 Å². The van der Waals surface area contributed by atoms with Crippen LogP contribution in [0.3, 0.4) is 0 Å². The third-order valence-corrected chi connectivity index (χ3v) is 4.46. The molecule has 98 valence electrons. The number of carbonyl (C=O) groups excluding carboxylic acids is 1. The van der Waals surface area contributed by atoms with Crippen molar-refractivity contribution in [3.63, 3.8) is 0 Å². The summed E-state index contributed by atoms with van der Waals surface area (Å²) in [7, 11) is 0. The van der Waals surface area contributed by atoms with Crippen LogP contribution in [0.4, 0.5) is 0 Å². The Bertz CT molecular complexity index is 267. The van der Waals surface area contributed by atoms with Crippen molar-refractivity contribution in [2.24, 2.45) is 23.7 Å². The average Bonchev–Trinajstić information content (AvgIpc) is 2.72. The first kappa shape index (κ1) is 12.9. The average molecular weight is 238 g/mol. The third kappa shape index (κ3) is 3.44. The maximum atomic E-state index is 12.0. The molecule has 2 fully saturated rings. The summed E-state index contributed by atoms with van der Waals surface area (Å²) in [6.45, 7) is 7.23. The zero-order valence-electron chi connectivity index (χ0n) is 11.2. The number of nitrogens with one attached hydrogen (secondary N) is 2. The molecule has 4 atom stereocenters. The van der Waals surface area contributed by atoms with Crippen LogP contribution in [0.25, 0.3) is 0 Å². The zero-order valence-corrected chi connectivity index (χ0v) is 11.2. The van der Waals surface area contributed by atoms with Crippen LogP contribution in [0.2, 0.25) is 0 Å². The fraction of sp³-hybridized carbons (Fsp3) is 0.929. The highest BCUT2D eigenvalue weighted by Gasteiger charge is 2.30. The summed E-state index contributed by atoms with van der Waals surface area (Å²) in [6, 6.07) is 0. The second-order valence-corrected chi connectivity index (χ2v) is 6.12. The molecule has 0 bridgehead atoms. The minimum absolute atomic E-state index is 0.191. The number of rotatable bonds is 3. The molecule has 0 aromatic heterocycles. The van der Waals surface area contributed by atoms with Gasteiger partial charge in [-0.2, -0.15) is 0 Å². The van der Waals surface area contributed by atoms with E-state index in [9.17, 15) is 4.79 Å². The van der Waals surface area contributed by atoms with Gasteiger partial charge in [0, 0.05) is 13.1 Å². The summed E-state index contributed by atoms with van der Waals surface area (Å²) < 4.78 is 0. The molecule has 1 heterocycles. The molecule has 2 aliphatic rings. The van der Waals surface area contributed by atoms with Crippen molar-refractivity contribution in [2.75, 3.05) is 19.6 Å². The number of carbonyl (C=O) groups is 1. The third-order valence-electron chi connectivity index (χ3n) is 4.46. The van der Waals surface area contributed by atoms with Crippen molar-refractivity contribution in [1.82, 2.24) is 10.6 Å². The highest BCUT2D eigenvalue weighted by atomic mass is 16.1. The van der Waals surface area contributed by atoms with Crippen LogP contribution in [-0.4, -0.2) is 25.5 Å². The van der Waals surface area contributed by atoms with Gasteiger partial charge in [0.1, 0.15) is 0 Å². The normalized spacial score (nSPS) is 38.0. The summed E-state index contributed by atoms with van der Waals surface area (Å²) >= 11 is 0. The smallest absolute Gasteiger partial charge is 0.224 e. The van der Waals surface area contributed by atoms with Crippen LogP contribution in [0.5, 0.6) is 0 Å². The number of hydrogen-bond donors (Lipinski definition) is 2. The topological polar surface area (TPSA) is 41.1 Å². The van der Waals surface area contributed by atoms with Gasteiger partial charge in [-0.25, -0.2) is 0 Å². The van der Waals surface area contributed by atoms with E-state index >= 15 is 0 Å². The number of hydrogen-bond acceptors (Lipinski definition) is 2. The summed E-state index contributed by atoms with van der Waals surface area (Å²) in [5.41, 5.74) is 0. The minimum atomic E-state index is 0.191. The van der Waals surface area contributed by atoms with Crippen molar-refractivity contribution in [3.05, 3.63) is 0 Å². The summed E-state index contributed by atoms with van der Waals surface area (Å²) in [5.74, 6) is 2.50. The second-order valence-electron chi connectivity index (χ2n) is 6.12. The Hall–Kier alpha value is -0.570. The molecule has 3 nitrogen and oxygen atoms in total. The van der Waals surface area contributed by atoms with Crippen LogP contribution < -0.4 is 10.6 Å². The molecule has 1 aliphatic heterocycles. The predicted molar refractivity (Wildman–Crippen MR) is 69.7 cm³/mol. The quantitative estimate of drug-likeness (QED) is 0.787. The Labute approximate surface area is 105 Å². The first-order chi connectivity index (χ1) is 8.16. The molecule has 0 aromatic rings. The fourth-order valence-corrected chi connectivity index (χ4v) is 3.28. The molecule has 0 radical (unpaired) electrons. The van der Waals surface area contributed by atoms with Gasteiger partial charge in [-0.1, -0.05) is 26.7 Å². The van der Waals surface area contributed by atoms with E-state index in [-0.39, 0.29) is 11.8 Å². The monoisotopic (exact) mass is 238 g/mol. The van der Waals surface area contributed by atoms with E-state index in [4.69, 9.17) is 0 Å². The molecule has 1 amide bonds. The molecule has 2 rings (SSSR count). The van der Waals surface area contributed by atoms with Gasteiger partial charge >= 0.3 is 0 Å². The minimum Gasteiger partial charge on any atom is -0.356 e. The lowest BCUT2D eigenvalue weighted by Gasteiger charge is -2.27. The molecule has 0 aromatic carbocycles. The molecule has 17 heavy (non-hydrogen) atoms. The van der Waals surface area contributed by atoms with Gasteiger partial charge in [-0.15, -0.1) is 0 Å². The predicted octanol–water partition coefficient (Wildman–Crippen LogP) is 1.78. The first-order valence-electron chi connectivity index (χ1n) is 7.15. The lowest BCUT2D eigenvalue weighted by Crippen LogP contribution is -2.38. The highest BCUT2D eigenvalue weighted by Crippen LogP contribution is 2.28. The molecule has 1 saturated carbocycles. The van der Waals surface area contributed by atoms with Crippen molar-refractivity contribution in [1.29, 1.82) is 0 Å². The highest BCUT2D eigenvalue weighted by molar-refractivity contribution is 5.79. The Balaban J connectivity index is 1.72. The molecule has 1 aliphatic carbocycles.